The van der Waals surface area contributed by atoms with Crippen LogP contribution < -0.4 is 5.73 Å². The Bertz CT molecular complexity index is 584. The van der Waals surface area contributed by atoms with Crippen LogP contribution in [-0.4, -0.2) is 22.1 Å². The normalized spacial score (nSPS) is 19.1. The van der Waals surface area contributed by atoms with Crippen molar-refractivity contribution < 1.29 is 9.90 Å². The van der Waals surface area contributed by atoms with Gasteiger partial charge in [-0.1, -0.05) is 12.1 Å². The molecule has 1 aromatic carbocycles. The molecule has 3 rings (SSSR count). The van der Waals surface area contributed by atoms with Crippen molar-refractivity contribution in [3.05, 3.63) is 36.0 Å². The first kappa shape index (κ1) is 10.4. The SMILES string of the molecule is NC(C(=O)O)C1(c2ccc3cc[nH]c3c2)CC1. The number of carbonyl (C=O) groups is 1. The van der Waals surface area contributed by atoms with Gasteiger partial charge in [-0.15, -0.1) is 0 Å². The number of H-pyrrole nitrogens is 1. The van der Waals surface area contributed by atoms with Crippen molar-refractivity contribution in [2.45, 2.75) is 24.3 Å². The van der Waals surface area contributed by atoms with E-state index in [0.717, 1.165) is 29.3 Å². The first-order chi connectivity index (χ1) is 8.13. The Morgan fingerprint density at radius 3 is 2.82 bits per heavy atom. The van der Waals surface area contributed by atoms with E-state index < -0.39 is 12.0 Å². The van der Waals surface area contributed by atoms with Crippen LogP contribution in [0, 0.1) is 0 Å². The van der Waals surface area contributed by atoms with Crippen LogP contribution in [0.2, 0.25) is 0 Å². The van der Waals surface area contributed by atoms with Crippen molar-refractivity contribution in [1.29, 1.82) is 0 Å². The van der Waals surface area contributed by atoms with Crippen molar-refractivity contribution in [3.63, 3.8) is 0 Å². The monoisotopic (exact) mass is 230 g/mol. The standard InChI is InChI=1S/C13H14N2O2/c14-11(12(16)17)13(4-5-13)9-2-1-8-3-6-15-10(8)7-9/h1-3,6-7,11,15H,4-5,14H2,(H,16,17). The van der Waals surface area contributed by atoms with Gasteiger partial charge >= 0.3 is 5.97 Å². The van der Waals surface area contributed by atoms with Crippen molar-refractivity contribution in [2.75, 3.05) is 0 Å². The third-order valence-electron chi connectivity index (χ3n) is 3.78. The van der Waals surface area contributed by atoms with Gasteiger partial charge < -0.3 is 15.8 Å². The molecule has 1 heterocycles. The van der Waals surface area contributed by atoms with Crippen molar-refractivity contribution in [1.82, 2.24) is 4.98 Å². The lowest BCUT2D eigenvalue weighted by Crippen LogP contribution is -2.41. The first-order valence-electron chi connectivity index (χ1n) is 5.69. The van der Waals surface area contributed by atoms with Gasteiger partial charge in [0.25, 0.3) is 0 Å². The lowest BCUT2D eigenvalue weighted by atomic mass is 9.88. The maximum absolute atomic E-state index is 11.0. The third kappa shape index (κ3) is 1.45. The van der Waals surface area contributed by atoms with Gasteiger partial charge in [0.2, 0.25) is 0 Å². The van der Waals surface area contributed by atoms with E-state index in [4.69, 9.17) is 10.8 Å². The number of benzene rings is 1. The smallest absolute Gasteiger partial charge is 0.321 e. The van der Waals surface area contributed by atoms with Gasteiger partial charge in [0, 0.05) is 17.1 Å². The summed E-state index contributed by atoms with van der Waals surface area (Å²) in [6.45, 7) is 0. The van der Waals surface area contributed by atoms with Gasteiger partial charge in [-0.3, -0.25) is 4.79 Å². The van der Waals surface area contributed by atoms with Crippen LogP contribution in [0.3, 0.4) is 0 Å². The summed E-state index contributed by atoms with van der Waals surface area (Å²) in [6.07, 6.45) is 3.59. The van der Waals surface area contributed by atoms with Crippen LogP contribution in [0.5, 0.6) is 0 Å². The third-order valence-corrected chi connectivity index (χ3v) is 3.78. The summed E-state index contributed by atoms with van der Waals surface area (Å²) in [5, 5.41) is 10.2. The molecule has 0 saturated heterocycles. The van der Waals surface area contributed by atoms with E-state index in [2.05, 4.69) is 4.98 Å². The fourth-order valence-corrected chi connectivity index (χ4v) is 2.51. The number of hydrogen-bond acceptors (Lipinski definition) is 2. The Morgan fingerprint density at radius 2 is 2.18 bits per heavy atom. The molecule has 0 amide bonds. The Kier molecular flexibility index (Phi) is 2.03. The number of aromatic amines is 1. The lowest BCUT2D eigenvalue weighted by Gasteiger charge is -2.20. The molecule has 1 saturated carbocycles. The highest BCUT2D eigenvalue weighted by molar-refractivity contribution is 5.82. The predicted molar refractivity (Wildman–Crippen MR) is 64.8 cm³/mol. The number of hydrogen-bond donors (Lipinski definition) is 3. The van der Waals surface area contributed by atoms with Crippen LogP contribution >= 0.6 is 0 Å². The van der Waals surface area contributed by atoms with Crippen LogP contribution in [0.4, 0.5) is 0 Å². The molecule has 2 aromatic rings. The molecule has 4 N–H and O–H groups in total. The quantitative estimate of drug-likeness (QED) is 0.749. The topological polar surface area (TPSA) is 79.1 Å². The molecule has 0 aliphatic heterocycles. The highest BCUT2D eigenvalue weighted by Gasteiger charge is 2.52. The summed E-state index contributed by atoms with van der Waals surface area (Å²) >= 11 is 0. The van der Waals surface area contributed by atoms with Gasteiger partial charge in [0.05, 0.1) is 0 Å². The Balaban J connectivity index is 2.06. The molecule has 4 heteroatoms. The molecule has 1 atom stereocenters. The summed E-state index contributed by atoms with van der Waals surface area (Å²) in [5.74, 6) is -0.922. The zero-order valence-electron chi connectivity index (χ0n) is 9.31. The van der Waals surface area contributed by atoms with Crippen LogP contribution in [0.1, 0.15) is 18.4 Å². The molecular formula is C13H14N2O2. The zero-order valence-corrected chi connectivity index (χ0v) is 9.31. The van der Waals surface area contributed by atoms with Gasteiger partial charge in [0.15, 0.2) is 0 Å². The second-order valence-corrected chi connectivity index (χ2v) is 4.75. The fourth-order valence-electron chi connectivity index (χ4n) is 2.51. The van der Waals surface area contributed by atoms with E-state index >= 15 is 0 Å². The van der Waals surface area contributed by atoms with E-state index in [1.807, 2.05) is 30.5 Å². The van der Waals surface area contributed by atoms with E-state index in [1.54, 1.807) is 0 Å². The van der Waals surface area contributed by atoms with Crippen LogP contribution in [0.25, 0.3) is 10.9 Å². The van der Waals surface area contributed by atoms with Gasteiger partial charge in [-0.05, 0) is 35.9 Å². The summed E-state index contributed by atoms with van der Waals surface area (Å²) in [4.78, 5) is 14.2. The minimum absolute atomic E-state index is 0.356. The van der Waals surface area contributed by atoms with Gasteiger partial charge in [-0.2, -0.15) is 0 Å². The zero-order chi connectivity index (χ0) is 12.0. The number of nitrogens with one attached hydrogen (secondary N) is 1. The first-order valence-corrected chi connectivity index (χ1v) is 5.69. The highest BCUT2D eigenvalue weighted by atomic mass is 16.4. The van der Waals surface area contributed by atoms with Crippen LogP contribution in [-0.2, 0) is 10.2 Å². The number of nitrogens with two attached hydrogens (primary N) is 1. The van der Waals surface area contributed by atoms with Crippen molar-refractivity contribution in [2.24, 2.45) is 5.73 Å². The highest BCUT2D eigenvalue weighted by Crippen LogP contribution is 2.50. The summed E-state index contributed by atoms with van der Waals surface area (Å²) in [7, 11) is 0. The maximum atomic E-state index is 11.0. The molecule has 0 radical (unpaired) electrons. The molecule has 0 spiro atoms. The molecule has 17 heavy (non-hydrogen) atoms. The lowest BCUT2D eigenvalue weighted by molar-refractivity contribution is -0.139. The summed E-state index contributed by atoms with van der Waals surface area (Å²) in [5.41, 5.74) is 7.51. The Morgan fingerprint density at radius 1 is 1.41 bits per heavy atom. The molecule has 1 aliphatic carbocycles. The number of carboxylic acids is 1. The minimum Gasteiger partial charge on any atom is -0.480 e. The van der Waals surface area contributed by atoms with E-state index in [-0.39, 0.29) is 5.41 Å². The summed E-state index contributed by atoms with van der Waals surface area (Å²) < 4.78 is 0. The average molecular weight is 230 g/mol. The molecule has 4 nitrogen and oxygen atoms in total. The largest absolute Gasteiger partial charge is 0.480 e. The minimum atomic E-state index is -0.922. The summed E-state index contributed by atoms with van der Waals surface area (Å²) in [6, 6.07) is 7.21. The number of rotatable bonds is 3. The predicted octanol–water partition coefficient (Wildman–Crippen LogP) is 1.61. The number of aliphatic carboxylic acids is 1. The Labute approximate surface area is 98.4 Å². The second kappa shape index (κ2) is 3.34. The molecule has 1 fully saturated rings. The van der Waals surface area contributed by atoms with Gasteiger partial charge in [-0.25, -0.2) is 0 Å². The number of carboxylic acid groups (broad SMARTS) is 1. The molecule has 1 aliphatic rings. The molecule has 1 unspecified atom stereocenters. The van der Waals surface area contributed by atoms with E-state index in [1.165, 1.54) is 0 Å². The van der Waals surface area contributed by atoms with Gasteiger partial charge in [0.1, 0.15) is 6.04 Å². The molecule has 1 aromatic heterocycles. The molecule has 0 bridgehead atoms. The van der Waals surface area contributed by atoms with Crippen molar-refractivity contribution in [3.8, 4) is 0 Å². The molecular weight excluding hydrogens is 216 g/mol. The second-order valence-electron chi connectivity index (χ2n) is 4.75. The molecule has 88 valence electrons. The fraction of sp³-hybridized carbons (Fsp3) is 0.308. The van der Waals surface area contributed by atoms with Crippen LogP contribution in [0.15, 0.2) is 30.5 Å². The Hall–Kier alpha value is -1.81. The van der Waals surface area contributed by atoms with E-state index in [0.29, 0.717) is 0 Å². The number of fused-ring (bicyclic) bond motifs is 1. The van der Waals surface area contributed by atoms with E-state index in [9.17, 15) is 4.79 Å². The van der Waals surface area contributed by atoms with Crippen molar-refractivity contribution >= 4 is 16.9 Å². The number of aromatic nitrogens is 1. The average Bonchev–Trinajstić information content (AvgIpc) is 2.99. The maximum Gasteiger partial charge on any atom is 0.321 e.